The van der Waals surface area contributed by atoms with Crippen LogP contribution in [-0.2, 0) is 10.8 Å². The van der Waals surface area contributed by atoms with Gasteiger partial charge in [-0.05, 0) is 124 Å². The fraction of sp³-hybridized carbons (Fsp3) is 0.0357. The molecule has 9 aromatic rings. The lowest BCUT2D eigenvalue weighted by atomic mass is 9.52. The van der Waals surface area contributed by atoms with Crippen molar-refractivity contribution in [3.05, 3.63) is 263 Å². The molecule has 0 atom stereocenters. The molecule has 0 heteroatoms. The summed E-state index contributed by atoms with van der Waals surface area (Å²) in [5.41, 5.74) is 22.4. The Balaban J connectivity index is 1.23. The van der Waals surface area contributed by atoms with Crippen LogP contribution in [0.5, 0.6) is 0 Å². The van der Waals surface area contributed by atoms with Gasteiger partial charge in [0.25, 0.3) is 0 Å². The van der Waals surface area contributed by atoms with Crippen molar-refractivity contribution in [2.24, 2.45) is 0 Å². The van der Waals surface area contributed by atoms with Crippen molar-refractivity contribution in [1.29, 1.82) is 0 Å². The third kappa shape index (κ3) is 4.03. The van der Waals surface area contributed by atoms with Gasteiger partial charge >= 0.3 is 0 Å². The van der Waals surface area contributed by atoms with Crippen LogP contribution in [0, 0.1) is 0 Å². The molecule has 0 radical (unpaired) electrons. The highest BCUT2D eigenvalue weighted by molar-refractivity contribution is 5.94. The molecular weight excluding hydrogens is 673 g/mol. The molecule has 12 rings (SSSR count). The molecule has 0 aliphatic heterocycles. The molecule has 0 aromatic heterocycles. The van der Waals surface area contributed by atoms with Gasteiger partial charge in [0.15, 0.2) is 0 Å². The van der Waals surface area contributed by atoms with E-state index in [0.717, 1.165) is 0 Å². The normalized spacial score (nSPS) is 14.4. The fourth-order valence-corrected chi connectivity index (χ4v) is 10.8. The number of hydrogen-bond acceptors (Lipinski definition) is 0. The second kappa shape index (κ2) is 11.7. The lowest BCUT2D eigenvalue weighted by molar-refractivity contribution is 0.633. The molecule has 260 valence electrons. The molecule has 9 aromatic carbocycles. The van der Waals surface area contributed by atoms with Crippen molar-refractivity contribution < 1.29 is 0 Å². The molecule has 0 amide bonds. The zero-order chi connectivity index (χ0) is 36.8. The molecule has 0 saturated carbocycles. The van der Waals surface area contributed by atoms with Crippen LogP contribution in [0.4, 0.5) is 0 Å². The number of rotatable bonds is 3. The largest absolute Gasteiger partial charge is 0.0720 e. The van der Waals surface area contributed by atoms with Crippen LogP contribution < -0.4 is 0 Å². The zero-order valence-corrected chi connectivity index (χ0v) is 30.8. The summed E-state index contributed by atoms with van der Waals surface area (Å²) < 4.78 is 0. The highest BCUT2D eigenvalue weighted by Gasteiger charge is 2.58. The van der Waals surface area contributed by atoms with E-state index in [9.17, 15) is 0 Å². The van der Waals surface area contributed by atoms with Crippen molar-refractivity contribution in [3.8, 4) is 55.6 Å². The maximum atomic E-state index is 2.56. The van der Waals surface area contributed by atoms with E-state index in [1.165, 1.54) is 100 Å². The van der Waals surface area contributed by atoms with Crippen LogP contribution in [0.15, 0.2) is 218 Å². The molecule has 0 fully saturated rings. The van der Waals surface area contributed by atoms with Gasteiger partial charge in [0.2, 0.25) is 0 Å². The van der Waals surface area contributed by atoms with Crippen LogP contribution in [0.1, 0.15) is 44.5 Å². The summed E-state index contributed by atoms with van der Waals surface area (Å²) in [5, 5.41) is 0. The topological polar surface area (TPSA) is 0 Å². The maximum absolute atomic E-state index is 2.56. The molecule has 0 unspecified atom stereocenters. The summed E-state index contributed by atoms with van der Waals surface area (Å²) in [7, 11) is 0. The highest BCUT2D eigenvalue weighted by Crippen LogP contribution is 2.67. The first kappa shape index (κ1) is 31.3. The van der Waals surface area contributed by atoms with Crippen molar-refractivity contribution in [2.75, 3.05) is 0 Å². The first-order valence-electron chi connectivity index (χ1n) is 19.7. The third-order valence-corrected chi connectivity index (χ3v) is 12.9. The second-order valence-electron chi connectivity index (χ2n) is 15.5. The van der Waals surface area contributed by atoms with E-state index in [1.807, 2.05) is 0 Å². The van der Waals surface area contributed by atoms with Crippen LogP contribution in [0.25, 0.3) is 55.6 Å². The molecule has 0 bridgehead atoms. The Morgan fingerprint density at radius 1 is 0.179 bits per heavy atom. The average Bonchev–Trinajstić information content (AvgIpc) is 3.75. The van der Waals surface area contributed by atoms with Crippen LogP contribution in [-0.4, -0.2) is 0 Å². The lowest BCUT2D eigenvalue weighted by Gasteiger charge is -2.49. The smallest absolute Gasteiger partial charge is 0.0622 e. The van der Waals surface area contributed by atoms with Gasteiger partial charge in [-0.2, -0.15) is 0 Å². The molecule has 3 aliphatic rings. The van der Waals surface area contributed by atoms with Crippen molar-refractivity contribution in [1.82, 2.24) is 0 Å². The SMILES string of the molecule is c1ccc(-c2cc(-c3ccccc3)cc(-c3ccc4c(c3)C3(c5ccccc5-c5ccccc53)c3ccccc3C43c4ccccc4-c4ccccc43)c2)cc1. The Kier molecular flexibility index (Phi) is 6.57. The first-order valence-corrected chi connectivity index (χ1v) is 19.7. The minimum absolute atomic E-state index is 0.490. The Bertz CT molecular complexity index is 2870. The molecule has 0 saturated heterocycles. The van der Waals surface area contributed by atoms with Gasteiger partial charge in [-0.15, -0.1) is 0 Å². The average molecular weight is 709 g/mol. The first-order chi connectivity index (χ1) is 27.8. The minimum Gasteiger partial charge on any atom is -0.0622 e. The second-order valence-corrected chi connectivity index (χ2v) is 15.5. The molecular formula is C56H36. The van der Waals surface area contributed by atoms with Crippen LogP contribution in [0.2, 0.25) is 0 Å². The van der Waals surface area contributed by atoms with Crippen molar-refractivity contribution >= 4 is 0 Å². The number of fused-ring (bicyclic) bond motifs is 16. The summed E-state index contributed by atoms with van der Waals surface area (Å²) in [6, 6.07) is 82.1. The van der Waals surface area contributed by atoms with Gasteiger partial charge in [-0.3, -0.25) is 0 Å². The third-order valence-electron chi connectivity index (χ3n) is 12.9. The standard InChI is InChI=1S/C56H36/c1-3-17-37(18-4-1)40-33-41(38-19-5-2-6-20-38)35-42(34-40)39-31-32-53-54(36-39)56(49-27-13-9-23-45(49)46-24-10-14-28-50(46)56)52-30-16-15-29-51(52)55(53)47-25-11-7-21-43(47)44-22-8-12-26-48(44)55/h1-36H. The monoisotopic (exact) mass is 708 g/mol. The Hall–Kier alpha value is -7.02. The summed E-state index contributed by atoms with van der Waals surface area (Å²) >= 11 is 0. The van der Waals surface area contributed by atoms with Gasteiger partial charge in [-0.1, -0.05) is 194 Å². The van der Waals surface area contributed by atoms with E-state index in [-0.39, 0.29) is 0 Å². The van der Waals surface area contributed by atoms with Gasteiger partial charge in [0, 0.05) is 0 Å². The van der Waals surface area contributed by atoms with Crippen molar-refractivity contribution in [2.45, 2.75) is 10.8 Å². The molecule has 0 N–H and O–H groups in total. The maximum Gasteiger partial charge on any atom is 0.0720 e. The summed E-state index contributed by atoms with van der Waals surface area (Å²) in [4.78, 5) is 0. The lowest BCUT2D eigenvalue weighted by Crippen LogP contribution is -2.43. The molecule has 56 heavy (non-hydrogen) atoms. The van der Waals surface area contributed by atoms with E-state index in [1.54, 1.807) is 0 Å². The Morgan fingerprint density at radius 3 is 0.893 bits per heavy atom. The quantitative estimate of drug-likeness (QED) is 0.171. The van der Waals surface area contributed by atoms with E-state index in [0.29, 0.717) is 0 Å². The Morgan fingerprint density at radius 2 is 0.482 bits per heavy atom. The molecule has 2 spiro atoms. The summed E-state index contributed by atoms with van der Waals surface area (Å²) in [6.45, 7) is 0. The predicted octanol–water partition coefficient (Wildman–Crippen LogP) is 13.7. The minimum atomic E-state index is -0.522. The van der Waals surface area contributed by atoms with Crippen molar-refractivity contribution in [3.63, 3.8) is 0 Å². The Labute approximate surface area is 328 Å². The van der Waals surface area contributed by atoms with E-state index in [2.05, 4.69) is 218 Å². The van der Waals surface area contributed by atoms with Gasteiger partial charge in [0.1, 0.15) is 0 Å². The molecule has 3 aliphatic carbocycles. The highest BCUT2D eigenvalue weighted by atomic mass is 14.6. The zero-order valence-electron chi connectivity index (χ0n) is 30.8. The van der Waals surface area contributed by atoms with E-state index in [4.69, 9.17) is 0 Å². The number of benzene rings is 9. The fourth-order valence-electron chi connectivity index (χ4n) is 10.8. The number of hydrogen-bond donors (Lipinski definition) is 0. The van der Waals surface area contributed by atoms with Gasteiger partial charge in [-0.25, -0.2) is 0 Å². The van der Waals surface area contributed by atoms with Crippen LogP contribution in [0.3, 0.4) is 0 Å². The summed E-state index contributed by atoms with van der Waals surface area (Å²) in [5.74, 6) is 0. The molecule has 0 heterocycles. The van der Waals surface area contributed by atoms with E-state index >= 15 is 0 Å². The van der Waals surface area contributed by atoms with E-state index < -0.39 is 10.8 Å². The molecule has 0 nitrogen and oxygen atoms in total. The van der Waals surface area contributed by atoms with Gasteiger partial charge in [0.05, 0.1) is 10.8 Å². The summed E-state index contributed by atoms with van der Waals surface area (Å²) in [6.07, 6.45) is 0. The predicted molar refractivity (Wildman–Crippen MR) is 231 cm³/mol. The van der Waals surface area contributed by atoms with Gasteiger partial charge < -0.3 is 0 Å². The van der Waals surface area contributed by atoms with Crippen LogP contribution >= 0.6 is 0 Å².